The van der Waals surface area contributed by atoms with Crippen LogP contribution in [0.4, 0.5) is 5.69 Å². The third kappa shape index (κ3) is 5.19. The zero-order chi connectivity index (χ0) is 23.4. The molecule has 0 saturated carbocycles. The van der Waals surface area contributed by atoms with E-state index in [9.17, 15) is 14.4 Å². The lowest BCUT2D eigenvalue weighted by atomic mass is 9.94. The number of carbonyl (C=O) groups is 3. The van der Waals surface area contributed by atoms with Gasteiger partial charge in [0.15, 0.2) is 0 Å². The number of piperazine rings is 1. The van der Waals surface area contributed by atoms with Crippen LogP contribution in [0.1, 0.15) is 26.2 Å². The van der Waals surface area contributed by atoms with Gasteiger partial charge in [-0.05, 0) is 38.9 Å². The first-order chi connectivity index (χ1) is 16.0. The van der Waals surface area contributed by atoms with E-state index in [2.05, 4.69) is 17.0 Å². The van der Waals surface area contributed by atoms with Crippen molar-refractivity contribution in [3.63, 3.8) is 0 Å². The second-order valence-electron chi connectivity index (χ2n) is 8.90. The summed E-state index contributed by atoms with van der Waals surface area (Å²) >= 11 is 0. The van der Waals surface area contributed by atoms with Crippen LogP contribution in [0, 0.1) is 5.92 Å². The van der Waals surface area contributed by atoms with Gasteiger partial charge in [-0.25, -0.2) is 4.79 Å². The monoisotopic (exact) mass is 455 g/mol. The Kier molecular flexibility index (Phi) is 7.27. The molecule has 4 rings (SSSR count). The van der Waals surface area contributed by atoms with Gasteiger partial charge >= 0.3 is 5.97 Å². The molecule has 1 aromatic rings. The van der Waals surface area contributed by atoms with Gasteiger partial charge in [-0.1, -0.05) is 18.2 Å². The molecule has 9 nitrogen and oxygen atoms in total. The highest BCUT2D eigenvalue weighted by atomic mass is 16.5. The van der Waals surface area contributed by atoms with Gasteiger partial charge in [-0.15, -0.1) is 0 Å². The summed E-state index contributed by atoms with van der Waals surface area (Å²) in [5.41, 5.74) is 1.02. The maximum absolute atomic E-state index is 13.5. The Balaban J connectivity index is 1.40. The Morgan fingerprint density at radius 3 is 2.21 bits per heavy atom. The second kappa shape index (κ2) is 10.3. The molecule has 0 aliphatic carbocycles. The van der Waals surface area contributed by atoms with Gasteiger partial charge in [0.2, 0.25) is 11.8 Å². The summed E-state index contributed by atoms with van der Waals surface area (Å²) in [7, 11) is 2.07. The first kappa shape index (κ1) is 23.2. The minimum absolute atomic E-state index is 0.0300. The van der Waals surface area contributed by atoms with Crippen LogP contribution in [0.5, 0.6) is 0 Å². The molecular formula is C24H33N5O4. The highest BCUT2D eigenvalue weighted by Gasteiger charge is 2.40. The molecule has 3 aliphatic rings. The highest BCUT2D eigenvalue weighted by Crippen LogP contribution is 2.28. The molecule has 2 amide bonds. The Bertz CT molecular complexity index is 889. The predicted octanol–water partition coefficient (Wildman–Crippen LogP) is 1.20. The summed E-state index contributed by atoms with van der Waals surface area (Å²) in [5.74, 6) is -0.356. The van der Waals surface area contributed by atoms with E-state index in [0.29, 0.717) is 25.9 Å². The summed E-state index contributed by atoms with van der Waals surface area (Å²) in [6, 6.07) is 8.82. The van der Waals surface area contributed by atoms with E-state index in [1.54, 1.807) is 11.9 Å². The summed E-state index contributed by atoms with van der Waals surface area (Å²) in [6.45, 7) is 6.45. The molecule has 33 heavy (non-hydrogen) atoms. The number of esters is 1. The van der Waals surface area contributed by atoms with Gasteiger partial charge in [0, 0.05) is 51.6 Å². The molecular weight excluding hydrogens is 422 g/mol. The van der Waals surface area contributed by atoms with Crippen LogP contribution in [-0.2, 0) is 19.1 Å². The average molecular weight is 456 g/mol. The first-order valence-electron chi connectivity index (χ1n) is 11.8. The summed E-state index contributed by atoms with van der Waals surface area (Å²) < 4.78 is 5.12. The lowest BCUT2D eigenvalue weighted by Crippen LogP contribution is -2.52. The maximum atomic E-state index is 13.5. The predicted molar refractivity (Wildman–Crippen MR) is 125 cm³/mol. The third-order valence-electron chi connectivity index (χ3n) is 6.70. The van der Waals surface area contributed by atoms with Gasteiger partial charge in [-0.2, -0.15) is 5.10 Å². The third-order valence-corrected chi connectivity index (χ3v) is 6.70. The number of amides is 2. The van der Waals surface area contributed by atoms with Crippen molar-refractivity contribution in [2.24, 2.45) is 11.0 Å². The van der Waals surface area contributed by atoms with Crippen molar-refractivity contribution in [1.29, 1.82) is 0 Å². The van der Waals surface area contributed by atoms with Gasteiger partial charge in [0.05, 0.1) is 12.3 Å². The Hall–Kier alpha value is -2.94. The van der Waals surface area contributed by atoms with Crippen molar-refractivity contribution in [3.05, 3.63) is 30.3 Å². The van der Waals surface area contributed by atoms with Crippen LogP contribution in [0.25, 0.3) is 0 Å². The van der Waals surface area contributed by atoms with E-state index in [1.165, 1.54) is 0 Å². The molecule has 178 valence electrons. The number of rotatable bonds is 5. The SMILES string of the molecule is CCOC(=O)C1=NN(c2ccccc2)C(C(=O)N2CCC(C(=O)N3CCN(C)CC3)CC2)C1. The maximum Gasteiger partial charge on any atom is 0.354 e. The fourth-order valence-corrected chi connectivity index (χ4v) is 4.70. The molecule has 0 aromatic heterocycles. The number of anilines is 1. The normalized spacial score (nSPS) is 22.3. The van der Waals surface area contributed by atoms with Crippen LogP contribution >= 0.6 is 0 Å². The smallest absolute Gasteiger partial charge is 0.354 e. The van der Waals surface area contributed by atoms with Crippen LogP contribution < -0.4 is 5.01 Å². The standard InChI is InChI=1S/C24H33N5O4/c1-3-33-24(32)20-17-21(29(25-20)19-7-5-4-6-8-19)23(31)27-11-9-18(10-12-27)22(30)28-15-13-26(2)14-16-28/h4-8,18,21H,3,9-17H2,1-2H3. The summed E-state index contributed by atoms with van der Waals surface area (Å²) in [4.78, 5) is 44.7. The van der Waals surface area contributed by atoms with E-state index >= 15 is 0 Å². The quantitative estimate of drug-likeness (QED) is 0.621. The van der Waals surface area contributed by atoms with Crippen LogP contribution in [-0.4, -0.2) is 97.2 Å². The summed E-state index contributed by atoms with van der Waals surface area (Å²) in [5, 5.41) is 6.08. The van der Waals surface area contributed by atoms with Crippen LogP contribution in [0.15, 0.2) is 35.4 Å². The van der Waals surface area contributed by atoms with Crippen LogP contribution in [0.3, 0.4) is 0 Å². The molecule has 1 unspecified atom stereocenters. The van der Waals surface area contributed by atoms with Crippen molar-refractivity contribution in [2.45, 2.75) is 32.2 Å². The molecule has 0 N–H and O–H groups in total. The van der Waals surface area contributed by atoms with Crippen molar-refractivity contribution >= 4 is 29.2 Å². The number of ether oxygens (including phenoxy) is 1. The minimum atomic E-state index is -0.586. The molecule has 3 heterocycles. The lowest BCUT2D eigenvalue weighted by Gasteiger charge is -2.38. The van der Waals surface area contributed by atoms with Gasteiger partial charge < -0.3 is 19.4 Å². The molecule has 2 fully saturated rings. The fourth-order valence-electron chi connectivity index (χ4n) is 4.70. The number of benzene rings is 1. The number of piperidine rings is 1. The summed E-state index contributed by atoms with van der Waals surface area (Å²) in [6.07, 6.45) is 1.55. The van der Waals surface area contributed by atoms with Gasteiger partial charge in [0.1, 0.15) is 11.8 Å². The molecule has 3 aliphatic heterocycles. The molecule has 1 aromatic carbocycles. The number of para-hydroxylation sites is 1. The van der Waals surface area contributed by atoms with E-state index in [-0.39, 0.29) is 36.5 Å². The molecule has 2 saturated heterocycles. The Morgan fingerprint density at radius 1 is 0.939 bits per heavy atom. The number of hydrazone groups is 1. The van der Waals surface area contributed by atoms with E-state index in [0.717, 1.165) is 31.9 Å². The zero-order valence-electron chi connectivity index (χ0n) is 19.5. The van der Waals surface area contributed by atoms with Gasteiger partial charge in [-0.3, -0.25) is 14.6 Å². The largest absolute Gasteiger partial charge is 0.461 e. The number of hydrogen-bond donors (Lipinski definition) is 0. The van der Waals surface area contributed by atoms with Crippen LogP contribution in [0.2, 0.25) is 0 Å². The highest BCUT2D eigenvalue weighted by molar-refractivity contribution is 6.38. The Labute approximate surface area is 194 Å². The molecule has 0 spiro atoms. The minimum Gasteiger partial charge on any atom is -0.461 e. The number of nitrogens with zero attached hydrogens (tertiary/aromatic N) is 5. The average Bonchev–Trinajstić information content (AvgIpc) is 3.30. The van der Waals surface area contributed by atoms with E-state index < -0.39 is 12.0 Å². The second-order valence-corrected chi connectivity index (χ2v) is 8.90. The van der Waals surface area contributed by atoms with Gasteiger partial charge in [0.25, 0.3) is 0 Å². The van der Waals surface area contributed by atoms with Crippen molar-refractivity contribution < 1.29 is 19.1 Å². The molecule has 1 atom stereocenters. The number of hydrogen-bond acceptors (Lipinski definition) is 7. The molecule has 0 radical (unpaired) electrons. The number of carbonyl (C=O) groups excluding carboxylic acids is 3. The fraction of sp³-hybridized carbons (Fsp3) is 0.583. The topological polar surface area (TPSA) is 85.8 Å². The van der Waals surface area contributed by atoms with Crippen molar-refractivity contribution in [3.8, 4) is 0 Å². The lowest BCUT2D eigenvalue weighted by molar-refractivity contribution is -0.142. The van der Waals surface area contributed by atoms with E-state index in [1.807, 2.05) is 40.1 Å². The molecule has 9 heteroatoms. The van der Waals surface area contributed by atoms with Crippen molar-refractivity contribution in [1.82, 2.24) is 14.7 Å². The molecule has 0 bridgehead atoms. The number of likely N-dealkylation sites (N-methyl/N-ethyl adjacent to an activating group) is 1. The number of likely N-dealkylation sites (tertiary alicyclic amines) is 1. The first-order valence-corrected chi connectivity index (χ1v) is 11.8. The van der Waals surface area contributed by atoms with E-state index in [4.69, 9.17) is 4.74 Å². The Morgan fingerprint density at radius 2 is 1.58 bits per heavy atom. The zero-order valence-corrected chi connectivity index (χ0v) is 19.5. The van der Waals surface area contributed by atoms with Crippen molar-refractivity contribution in [2.75, 3.05) is 57.9 Å².